The van der Waals surface area contributed by atoms with Crippen LogP contribution in [0.15, 0.2) is 24.3 Å². The minimum absolute atomic E-state index is 0.00405. The summed E-state index contributed by atoms with van der Waals surface area (Å²) in [6.45, 7) is 1.56. The highest BCUT2D eigenvalue weighted by Crippen LogP contribution is 2.31. The van der Waals surface area contributed by atoms with Gasteiger partial charge in [0.05, 0.1) is 18.1 Å². The van der Waals surface area contributed by atoms with Crippen LogP contribution in [0.5, 0.6) is 0 Å². The largest absolute Gasteiger partial charge is 0.469 e. The average Bonchev–Trinajstić information content (AvgIpc) is 2.36. The van der Waals surface area contributed by atoms with Gasteiger partial charge in [0.25, 0.3) is 0 Å². The molecule has 1 atom stereocenters. The van der Waals surface area contributed by atoms with Crippen molar-refractivity contribution in [3.05, 3.63) is 35.4 Å². The second kappa shape index (κ2) is 5.61. The van der Waals surface area contributed by atoms with Gasteiger partial charge in [0.2, 0.25) is 0 Å². The van der Waals surface area contributed by atoms with Gasteiger partial charge in [0.1, 0.15) is 0 Å². The number of alkyl halides is 3. The Morgan fingerprint density at radius 1 is 1.37 bits per heavy atom. The maximum absolute atomic E-state index is 12.6. The Hall–Kier alpha value is -1.56. The maximum Gasteiger partial charge on any atom is 0.416 e. The van der Waals surface area contributed by atoms with E-state index in [9.17, 15) is 18.0 Å². The summed E-state index contributed by atoms with van der Waals surface area (Å²) in [7, 11) is 1.22. The fraction of sp³-hybridized carbons (Fsp3) is 0.462. The maximum atomic E-state index is 12.6. The van der Waals surface area contributed by atoms with Gasteiger partial charge >= 0.3 is 12.1 Å². The highest BCUT2D eigenvalue weighted by atomic mass is 19.4. The first-order valence-corrected chi connectivity index (χ1v) is 5.67. The standard InChI is InChI=1S/C13H16F3NO2/c1-12(8-17,11(18)19-2)7-9-4-3-5-10(6-9)13(14,15)16/h3-6H,7-8,17H2,1-2H3. The van der Waals surface area contributed by atoms with Gasteiger partial charge in [-0.25, -0.2) is 0 Å². The van der Waals surface area contributed by atoms with Crippen molar-refractivity contribution in [3.8, 4) is 0 Å². The first-order chi connectivity index (χ1) is 8.73. The number of rotatable bonds is 4. The van der Waals surface area contributed by atoms with Crippen LogP contribution in [0.1, 0.15) is 18.1 Å². The van der Waals surface area contributed by atoms with Gasteiger partial charge in [-0.05, 0) is 25.0 Å². The molecule has 0 fully saturated rings. The van der Waals surface area contributed by atoms with Gasteiger partial charge < -0.3 is 10.5 Å². The summed E-state index contributed by atoms with van der Waals surface area (Å²) >= 11 is 0. The van der Waals surface area contributed by atoms with E-state index in [0.29, 0.717) is 5.56 Å². The SMILES string of the molecule is COC(=O)C(C)(CN)Cc1cccc(C(F)(F)F)c1. The molecule has 3 nitrogen and oxygen atoms in total. The molecular formula is C13H16F3NO2. The van der Waals surface area contributed by atoms with Crippen molar-refractivity contribution >= 4 is 5.97 Å². The summed E-state index contributed by atoms with van der Waals surface area (Å²) in [5.41, 5.74) is 4.16. The number of hydrogen-bond acceptors (Lipinski definition) is 3. The molecule has 0 bridgehead atoms. The monoisotopic (exact) mass is 275 g/mol. The number of halogens is 3. The predicted octanol–water partition coefficient (Wildman–Crippen LogP) is 2.39. The van der Waals surface area contributed by atoms with E-state index in [0.717, 1.165) is 12.1 Å². The van der Waals surface area contributed by atoms with Crippen molar-refractivity contribution in [2.24, 2.45) is 11.1 Å². The lowest BCUT2D eigenvalue weighted by atomic mass is 9.83. The van der Waals surface area contributed by atoms with Crippen LogP contribution < -0.4 is 5.73 Å². The van der Waals surface area contributed by atoms with Gasteiger partial charge in [-0.1, -0.05) is 18.2 Å². The van der Waals surface area contributed by atoms with Crippen LogP contribution in [-0.4, -0.2) is 19.6 Å². The molecule has 0 heterocycles. The number of ether oxygens (including phenoxy) is 1. The van der Waals surface area contributed by atoms with E-state index in [-0.39, 0.29) is 13.0 Å². The Kier molecular flexibility index (Phi) is 4.57. The number of carbonyl (C=O) groups excluding carboxylic acids is 1. The highest BCUT2D eigenvalue weighted by molar-refractivity contribution is 5.77. The zero-order valence-electron chi connectivity index (χ0n) is 10.8. The lowest BCUT2D eigenvalue weighted by Crippen LogP contribution is -2.38. The van der Waals surface area contributed by atoms with E-state index in [2.05, 4.69) is 4.74 Å². The number of esters is 1. The van der Waals surface area contributed by atoms with Crippen LogP contribution in [0.3, 0.4) is 0 Å². The molecule has 19 heavy (non-hydrogen) atoms. The van der Waals surface area contributed by atoms with Gasteiger partial charge in [0, 0.05) is 6.54 Å². The zero-order valence-corrected chi connectivity index (χ0v) is 10.8. The Balaban J connectivity index is 3.02. The van der Waals surface area contributed by atoms with Crippen molar-refractivity contribution in [1.82, 2.24) is 0 Å². The molecule has 0 amide bonds. The number of methoxy groups -OCH3 is 1. The van der Waals surface area contributed by atoms with Crippen molar-refractivity contribution < 1.29 is 22.7 Å². The smallest absolute Gasteiger partial charge is 0.416 e. The molecule has 0 spiro atoms. The molecule has 0 radical (unpaired) electrons. The average molecular weight is 275 g/mol. The Morgan fingerprint density at radius 2 is 2.00 bits per heavy atom. The number of carbonyl (C=O) groups is 1. The molecule has 1 aromatic carbocycles. The predicted molar refractivity (Wildman–Crippen MR) is 64.3 cm³/mol. The minimum atomic E-state index is -4.40. The van der Waals surface area contributed by atoms with E-state index >= 15 is 0 Å². The molecular weight excluding hydrogens is 259 g/mol. The molecule has 2 N–H and O–H groups in total. The summed E-state index contributed by atoms with van der Waals surface area (Å²) in [5.74, 6) is -0.535. The second-order valence-electron chi connectivity index (χ2n) is 4.63. The van der Waals surface area contributed by atoms with Gasteiger partial charge in [-0.15, -0.1) is 0 Å². The molecule has 106 valence electrons. The normalized spacial score (nSPS) is 14.8. The van der Waals surface area contributed by atoms with Gasteiger partial charge in [0.15, 0.2) is 0 Å². The molecule has 0 aromatic heterocycles. The van der Waals surface area contributed by atoms with Gasteiger partial charge in [-0.2, -0.15) is 13.2 Å². The first kappa shape index (κ1) is 15.5. The van der Waals surface area contributed by atoms with E-state index in [4.69, 9.17) is 5.73 Å². The molecule has 1 aromatic rings. The zero-order chi connectivity index (χ0) is 14.7. The molecule has 0 aliphatic carbocycles. The van der Waals surface area contributed by atoms with Crippen molar-refractivity contribution in [1.29, 1.82) is 0 Å². The Bertz CT molecular complexity index is 459. The third-order valence-electron chi connectivity index (χ3n) is 2.98. The molecule has 1 rings (SSSR count). The lowest BCUT2D eigenvalue weighted by molar-refractivity contribution is -0.151. The fourth-order valence-corrected chi connectivity index (χ4v) is 1.78. The van der Waals surface area contributed by atoms with Crippen molar-refractivity contribution in [2.45, 2.75) is 19.5 Å². The molecule has 0 saturated carbocycles. The van der Waals surface area contributed by atoms with E-state index < -0.39 is 23.1 Å². The van der Waals surface area contributed by atoms with Crippen LogP contribution in [0.25, 0.3) is 0 Å². The fourth-order valence-electron chi connectivity index (χ4n) is 1.78. The van der Waals surface area contributed by atoms with E-state index in [1.165, 1.54) is 19.2 Å². The summed E-state index contributed by atoms with van der Waals surface area (Å²) in [6, 6.07) is 4.86. The quantitative estimate of drug-likeness (QED) is 0.858. The Labute approximate surface area is 109 Å². The lowest BCUT2D eigenvalue weighted by Gasteiger charge is -2.25. The number of hydrogen-bond donors (Lipinski definition) is 1. The minimum Gasteiger partial charge on any atom is -0.469 e. The van der Waals surface area contributed by atoms with E-state index in [1.54, 1.807) is 6.92 Å². The van der Waals surface area contributed by atoms with Crippen LogP contribution in [0.4, 0.5) is 13.2 Å². The molecule has 0 saturated heterocycles. The Morgan fingerprint density at radius 3 is 2.47 bits per heavy atom. The topological polar surface area (TPSA) is 52.3 Å². The summed E-state index contributed by atoms with van der Waals surface area (Å²) in [4.78, 5) is 11.6. The summed E-state index contributed by atoms with van der Waals surface area (Å²) in [5, 5.41) is 0. The van der Waals surface area contributed by atoms with Gasteiger partial charge in [-0.3, -0.25) is 4.79 Å². The molecule has 0 aliphatic heterocycles. The van der Waals surface area contributed by atoms with Crippen LogP contribution in [-0.2, 0) is 22.1 Å². The van der Waals surface area contributed by atoms with Crippen molar-refractivity contribution in [2.75, 3.05) is 13.7 Å². The highest BCUT2D eigenvalue weighted by Gasteiger charge is 2.35. The number of nitrogens with two attached hydrogens (primary N) is 1. The molecule has 0 aliphatic rings. The van der Waals surface area contributed by atoms with E-state index in [1.807, 2.05) is 0 Å². The van der Waals surface area contributed by atoms with Crippen molar-refractivity contribution in [3.63, 3.8) is 0 Å². The molecule has 6 heteroatoms. The van der Waals surface area contributed by atoms with Crippen LogP contribution in [0, 0.1) is 5.41 Å². The first-order valence-electron chi connectivity index (χ1n) is 5.67. The summed E-state index contributed by atoms with van der Waals surface area (Å²) < 4.78 is 42.4. The molecule has 1 unspecified atom stereocenters. The summed E-state index contributed by atoms with van der Waals surface area (Å²) in [6.07, 6.45) is -4.31. The van der Waals surface area contributed by atoms with Crippen LogP contribution in [0.2, 0.25) is 0 Å². The second-order valence-corrected chi connectivity index (χ2v) is 4.63. The third kappa shape index (κ3) is 3.70. The van der Waals surface area contributed by atoms with Crippen LogP contribution >= 0.6 is 0 Å². The number of benzene rings is 1. The third-order valence-corrected chi connectivity index (χ3v) is 2.98.